The summed E-state index contributed by atoms with van der Waals surface area (Å²) < 4.78 is 23.1. The summed E-state index contributed by atoms with van der Waals surface area (Å²) in [6.45, 7) is -0.373. The molecule has 34 heavy (non-hydrogen) atoms. The number of benzene rings is 2. The van der Waals surface area contributed by atoms with Crippen LogP contribution in [-0.4, -0.2) is 59.9 Å². The molecule has 13 heteroatoms. The van der Waals surface area contributed by atoms with Crippen molar-refractivity contribution in [3.05, 3.63) is 59.4 Å². The zero-order valence-electron chi connectivity index (χ0n) is 17.9. The van der Waals surface area contributed by atoms with E-state index in [1.807, 2.05) is 0 Å². The molecule has 2 amide bonds. The first kappa shape index (κ1) is 25.7. The van der Waals surface area contributed by atoms with Gasteiger partial charge >= 0.3 is 12.1 Å². The van der Waals surface area contributed by atoms with Gasteiger partial charge in [0.05, 0.1) is 12.1 Å². The van der Waals surface area contributed by atoms with Crippen LogP contribution in [0.25, 0.3) is 0 Å². The highest BCUT2D eigenvalue weighted by molar-refractivity contribution is 5.97. The van der Waals surface area contributed by atoms with Gasteiger partial charge in [-0.25, -0.2) is 14.0 Å². The number of nitrogens with two attached hydrogens (primary N) is 2. The van der Waals surface area contributed by atoms with Crippen LogP contribution in [0, 0.1) is 5.82 Å². The first-order chi connectivity index (χ1) is 16.2. The smallest absolute Gasteiger partial charge is 0.408 e. The van der Waals surface area contributed by atoms with Crippen molar-refractivity contribution in [3.63, 3.8) is 0 Å². The van der Waals surface area contributed by atoms with Crippen LogP contribution in [0.3, 0.4) is 0 Å². The van der Waals surface area contributed by atoms with Gasteiger partial charge in [-0.2, -0.15) is 0 Å². The molecule has 0 aliphatic rings. The molecule has 0 aliphatic heterocycles. The Bertz CT molecular complexity index is 1040. The quantitative estimate of drug-likeness (QED) is 0.150. The lowest BCUT2D eigenvalue weighted by molar-refractivity contribution is -0.139. The summed E-state index contributed by atoms with van der Waals surface area (Å²) in [7, 11) is 0. The fourth-order valence-corrected chi connectivity index (χ4v) is 2.53. The third-order valence-electron chi connectivity index (χ3n) is 4.21. The van der Waals surface area contributed by atoms with Gasteiger partial charge in [-0.15, -0.1) is 0 Å². The Hall–Kier alpha value is -4.55. The largest absolute Gasteiger partial charge is 0.507 e. The van der Waals surface area contributed by atoms with E-state index in [-0.39, 0.29) is 37.0 Å². The van der Waals surface area contributed by atoms with E-state index in [9.17, 15) is 29.0 Å². The van der Waals surface area contributed by atoms with Gasteiger partial charge in [-0.05, 0) is 29.8 Å². The standard InChI is InChI=1S/C21H24FN5O7/c22-13-3-1-12(2-4-13)11-34-21(32)27-16(19(30)31)10-26-18(29)15-6-5-14(9-17(15)28)33-8-7-25-20(23)24/h1-6,9,16,28H,7-8,10-11H2,(H,26,29)(H,27,32)(H,30,31)(H4,23,24,25)/t16-/m0/s1. The number of nitrogens with zero attached hydrogens (tertiary/aromatic N) is 1. The molecule has 1 atom stereocenters. The first-order valence-electron chi connectivity index (χ1n) is 9.85. The van der Waals surface area contributed by atoms with Crippen LogP contribution >= 0.6 is 0 Å². The molecule has 2 aromatic carbocycles. The van der Waals surface area contributed by atoms with E-state index in [0.717, 1.165) is 0 Å². The number of phenolic OH excluding ortho intramolecular Hbond substituents is 1. The Morgan fingerprint density at radius 3 is 2.44 bits per heavy atom. The van der Waals surface area contributed by atoms with Crippen LogP contribution in [0.2, 0.25) is 0 Å². The number of hydrogen-bond acceptors (Lipinski definition) is 7. The molecule has 12 nitrogen and oxygen atoms in total. The average molecular weight is 477 g/mol. The van der Waals surface area contributed by atoms with E-state index in [1.54, 1.807) is 0 Å². The van der Waals surface area contributed by atoms with Gasteiger partial charge in [-0.1, -0.05) is 12.1 Å². The zero-order chi connectivity index (χ0) is 25.1. The van der Waals surface area contributed by atoms with Crippen LogP contribution in [0.15, 0.2) is 47.5 Å². The molecule has 0 bridgehead atoms. The van der Waals surface area contributed by atoms with Gasteiger partial charge in [-0.3, -0.25) is 9.79 Å². The molecule has 2 rings (SSSR count). The number of ether oxygens (including phenoxy) is 2. The Balaban J connectivity index is 1.86. The topological polar surface area (TPSA) is 199 Å². The van der Waals surface area contributed by atoms with Gasteiger partial charge in [0, 0.05) is 12.6 Å². The molecule has 0 saturated heterocycles. The highest BCUT2D eigenvalue weighted by Gasteiger charge is 2.22. The first-order valence-corrected chi connectivity index (χ1v) is 9.85. The summed E-state index contributed by atoms with van der Waals surface area (Å²) in [5, 5.41) is 23.8. The van der Waals surface area contributed by atoms with Crippen molar-refractivity contribution in [2.45, 2.75) is 12.6 Å². The Morgan fingerprint density at radius 2 is 1.82 bits per heavy atom. The minimum absolute atomic E-state index is 0.0891. The highest BCUT2D eigenvalue weighted by Crippen LogP contribution is 2.23. The van der Waals surface area contributed by atoms with Crippen molar-refractivity contribution in [2.24, 2.45) is 16.5 Å². The van der Waals surface area contributed by atoms with Gasteiger partial charge < -0.3 is 41.8 Å². The number of aromatic hydroxyl groups is 1. The number of halogens is 1. The van der Waals surface area contributed by atoms with Crippen molar-refractivity contribution in [3.8, 4) is 11.5 Å². The molecular formula is C21H24FN5O7. The van der Waals surface area contributed by atoms with Crippen LogP contribution in [-0.2, 0) is 16.1 Å². The van der Waals surface area contributed by atoms with E-state index >= 15 is 0 Å². The Kier molecular flexibility index (Phi) is 9.43. The lowest BCUT2D eigenvalue weighted by Gasteiger charge is -2.16. The summed E-state index contributed by atoms with van der Waals surface area (Å²) in [5.41, 5.74) is 10.8. The van der Waals surface area contributed by atoms with Crippen molar-refractivity contribution in [2.75, 3.05) is 19.7 Å². The molecule has 0 aliphatic carbocycles. The van der Waals surface area contributed by atoms with Crippen molar-refractivity contribution in [1.82, 2.24) is 10.6 Å². The molecule has 0 fully saturated rings. The maximum absolute atomic E-state index is 12.9. The zero-order valence-corrected chi connectivity index (χ0v) is 17.9. The minimum Gasteiger partial charge on any atom is -0.507 e. The number of carbonyl (C=O) groups is 3. The van der Waals surface area contributed by atoms with E-state index in [2.05, 4.69) is 15.6 Å². The molecular weight excluding hydrogens is 453 g/mol. The number of aliphatic imine (C=N–C) groups is 1. The summed E-state index contributed by atoms with van der Waals surface area (Å²) >= 11 is 0. The molecule has 0 saturated carbocycles. The maximum atomic E-state index is 12.9. The lowest BCUT2D eigenvalue weighted by atomic mass is 10.1. The molecule has 8 N–H and O–H groups in total. The number of phenols is 1. The monoisotopic (exact) mass is 477 g/mol. The number of alkyl carbamates (subject to hydrolysis) is 1. The fourth-order valence-electron chi connectivity index (χ4n) is 2.53. The van der Waals surface area contributed by atoms with Crippen molar-refractivity contribution in [1.29, 1.82) is 0 Å². The van der Waals surface area contributed by atoms with Gasteiger partial charge in [0.1, 0.15) is 36.6 Å². The molecule has 2 aromatic rings. The Labute approximate surface area is 193 Å². The number of amides is 2. The summed E-state index contributed by atoms with van der Waals surface area (Å²) in [5.74, 6) is -2.89. The third kappa shape index (κ3) is 8.53. The summed E-state index contributed by atoms with van der Waals surface area (Å²) in [6.07, 6.45) is -1.05. The average Bonchev–Trinajstić information content (AvgIpc) is 2.78. The normalized spacial score (nSPS) is 11.1. The van der Waals surface area contributed by atoms with Crippen LogP contribution in [0.5, 0.6) is 11.5 Å². The number of guanidine groups is 1. The van der Waals surface area contributed by atoms with E-state index < -0.39 is 42.1 Å². The predicted molar refractivity (Wildman–Crippen MR) is 118 cm³/mol. The number of rotatable bonds is 11. The number of aliphatic carboxylic acids is 1. The molecule has 0 aromatic heterocycles. The van der Waals surface area contributed by atoms with Crippen molar-refractivity contribution >= 4 is 23.9 Å². The van der Waals surface area contributed by atoms with Gasteiger partial charge in [0.2, 0.25) is 0 Å². The second kappa shape index (κ2) is 12.5. The van der Waals surface area contributed by atoms with Gasteiger partial charge in [0.25, 0.3) is 5.91 Å². The summed E-state index contributed by atoms with van der Waals surface area (Å²) in [4.78, 5) is 39.4. The van der Waals surface area contributed by atoms with Gasteiger partial charge in [0.15, 0.2) is 5.96 Å². The Morgan fingerprint density at radius 1 is 1.12 bits per heavy atom. The number of carbonyl (C=O) groups excluding carboxylic acids is 2. The van der Waals surface area contributed by atoms with E-state index in [4.69, 9.17) is 20.9 Å². The lowest BCUT2D eigenvalue weighted by Crippen LogP contribution is -2.48. The maximum Gasteiger partial charge on any atom is 0.408 e. The molecule has 0 unspecified atom stereocenters. The number of carboxylic acid groups (broad SMARTS) is 1. The summed E-state index contributed by atoms with van der Waals surface area (Å²) in [6, 6.07) is 7.58. The van der Waals surface area contributed by atoms with Crippen molar-refractivity contribution < 1.29 is 38.5 Å². The fraction of sp³-hybridized carbons (Fsp3) is 0.238. The number of hydrogen-bond donors (Lipinski definition) is 6. The van der Waals surface area contributed by atoms with E-state index in [1.165, 1.54) is 42.5 Å². The highest BCUT2D eigenvalue weighted by atomic mass is 19.1. The number of carboxylic acids is 1. The second-order valence-electron chi connectivity index (χ2n) is 6.78. The third-order valence-corrected chi connectivity index (χ3v) is 4.21. The van der Waals surface area contributed by atoms with Crippen LogP contribution in [0.4, 0.5) is 9.18 Å². The predicted octanol–water partition coefficient (Wildman–Crippen LogP) is 0.293. The van der Waals surface area contributed by atoms with Crippen LogP contribution in [0.1, 0.15) is 15.9 Å². The second-order valence-corrected chi connectivity index (χ2v) is 6.78. The minimum atomic E-state index is -1.51. The van der Waals surface area contributed by atoms with Crippen LogP contribution < -0.4 is 26.8 Å². The number of nitrogens with one attached hydrogen (secondary N) is 2. The SMILES string of the molecule is NC(N)=NCCOc1ccc(C(=O)NC[C@H](NC(=O)OCc2ccc(F)cc2)C(=O)O)c(O)c1. The molecule has 0 heterocycles. The molecule has 182 valence electrons. The molecule has 0 radical (unpaired) electrons. The molecule has 0 spiro atoms. The van der Waals surface area contributed by atoms with E-state index in [0.29, 0.717) is 5.56 Å².